The van der Waals surface area contributed by atoms with Crippen molar-refractivity contribution in [2.45, 2.75) is 20.0 Å². The number of rotatable bonds is 5. The zero-order chi connectivity index (χ0) is 18.5. The van der Waals surface area contributed by atoms with Crippen molar-refractivity contribution in [2.24, 2.45) is 0 Å². The van der Waals surface area contributed by atoms with E-state index in [0.717, 1.165) is 45.0 Å². The summed E-state index contributed by atoms with van der Waals surface area (Å²) in [5, 5.41) is 0. The van der Waals surface area contributed by atoms with Crippen LogP contribution in [0.4, 0.5) is 0 Å². The molecule has 2 aromatic carbocycles. The Morgan fingerprint density at radius 3 is 2.26 bits per heavy atom. The molecule has 0 atom stereocenters. The fraction of sp³-hybridized carbons (Fsp3) is 0.292. The van der Waals surface area contributed by atoms with Gasteiger partial charge >= 0.3 is 0 Å². The van der Waals surface area contributed by atoms with Gasteiger partial charge in [0.2, 0.25) is 0 Å². The normalized spacial score (nSPS) is 15.7. The quantitative estimate of drug-likeness (QED) is 0.676. The predicted molar refractivity (Wildman–Crippen MR) is 111 cm³/mol. The second-order valence-corrected chi connectivity index (χ2v) is 7.39. The third-order valence-electron chi connectivity index (χ3n) is 5.41. The van der Waals surface area contributed by atoms with E-state index in [4.69, 9.17) is 0 Å². The minimum atomic E-state index is 1.01. The lowest BCUT2D eigenvalue weighted by molar-refractivity contribution is 0.122. The monoisotopic (exact) mass is 357 g/mol. The van der Waals surface area contributed by atoms with E-state index in [9.17, 15) is 0 Å². The largest absolute Gasteiger partial charge is 0.297 e. The van der Waals surface area contributed by atoms with Crippen molar-refractivity contribution in [1.82, 2.24) is 14.8 Å². The molecule has 3 nitrogen and oxygen atoms in total. The van der Waals surface area contributed by atoms with Crippen molar-refractivity contribution in [3.05, 3.63) is 89.6 Å². The molecule has 0 spiro atoms. The van der Waals surface area contributed by atoms with Gasteiger partial charge in [-0.05, 0) is 41.8 Å². The van der Waals surface area contributed by atoms with E-state index in [1.807, 2.05) is 18.3 Å². The Bertz CT molecular complexity index is 868. The van der Waals surface area contributed by atoms with Crippen LogP contribution in [0.5, 0.6) is 0 Å². The van der Waals surface area contributed by atoms with Crippen molar-refractivity contribution < 1.29 is 0 Å². The zero-order valence-corrected chi connectivity index (χ0v) is 16.0. The fourth-order valence-corrected chi connectivity index (χ4v) is 3.75. The first-order valence-electron chi connectivity index (χ1n) is 9.77. The van der Waals surface area contributed by atoms with Gasteiger partial charge in [0.25, 0.3) is 0 Å². The van der Waals surface area contributed by atoms with Crippen LogP contribution in [-0.4, -0.2) is 41.0 Å². The number of aromatic nitrogens is 1. The first kappa shape index (κ1) is 17.9. The van der Waals surface area contributed by atoms with Crippen LogP contribution in [-0.2, 0) is 13.1 Å². The minimum absolute atomic E-state index is 1.01. The highest BCUT2D eigenvalue weighted by molar-refractivity contribution is 5.59. The standard InChI is InChI=1S/C24H27N3/c1-20-7-2-3-9-23(20)19-27-15-13-26(14-16-27)18-21-8-6-10-22(17-21)24-11-4-5-12-25-24/h2-12,17H,13-16,18-19H2,1H3. The Hall–Kier alpha value is -2.49. The number of nitrogens with zero attached hydrogens (tertiary/aromatic N) is 3. The van der Waals surface area contributed by atoms with Gasteiger partial charge < -0.3 is 0 Å². The minimum Gasteiger partial charge on any atom is -0.297 e. The Morgan fingerprint density at radius 1 is 0.778 bits per heavy atom. The van der Waals surface area contributed by atoms with Crippen LogP contribution in [0.15, 0.2) is 72.9 Å². The first-order valence-corrected chi connectivity index (χ1v) is 9.77. The molecule has 1 aliphatic rings. The summed E-state index contributed by atoms with van der Waals surface area (Å²) in [5.41, 5.74) is 6.46. The van der Waals surface area contributed by atoms with Gasteiger partial charge in [0.1, 0.15) is 0 Å². The SMILES string of the molecule is Cc1ccccc1CN1CCN(Cc2cccc(-c3ccccn3)c2)CC1. The van der Waals surface area contributed by atoms with Gasteiger partial charge in [-0.15, -0.1) is 0 Å². The molecule has 0 unspecified atom stereocenters. The van der Waals surface area contributed by atoms with Crippen LogP contribution in [0.3, 0.4) is 0 Å². The van der Waals surface area contributed by atoms with Gasteiger partial charge in [0.05, 0.1) is 5.69 Å². The topological polar surface area (TPSA) is 19.4 Å². The maximum absolute atomic E-state index is 4.47. The number of pyridine rings is 1. The average molecular weight is 358 g/mol. The van der Waals surface area contributed by atoms with Crippen LogP contribution in [0.1, 0.15) is 16.7 Å². The summed E-state index contributed by atoms with van der Waals surface area (Å²) in [6.07, 6.45) is 1.86. The molecular formula is C24H27N3. The Labute approximate surface area is 162 Å². The molecule has 0 radical (unpaired) electrons. The summed E-state index contributed by atoms with van der Waals surface area (Å²) in [6, 6.07) is 23.6. The van der Waals surface area contributed by atoms with Crippen molar-refractivity contribution >= 4 is 0 Å². The maximum atomic E-state index is 4.47. The lowest BCUT2D eigenvalue weighted by Gasteiger charge is -2.35. The van der Waals surface area contributed by atoms with Crippen LogP contribution in [0.25, 0.3) is 11.3 Å². The molecule has 0 N–H and O–H groups in total. The van der Waals surface area contributed by atoms with E-state index >= 15 is 0 Å². The van der Waals surface area contributed by atoms with E-state index < -0.39 is 0 Å². The van der Waals surface area contributed by atoms with E-state index in [1.165, 1.54) is 22.3 Å². The molecule has 27 heavy (non-hydrogen) atoms. The number of hydrogen-bond donors (Lipinski definition) is 0. The highest BCUT2D eigenvalue weighted by Gasteiger charge is 2.17. The van der Waals surface area contributed by atoms with Gasteiger partial charge in [-0.25, -0.2) is 0 Å². The van der Waals surface area contributed by atoms with Crippen LogP contribution < -0.4 is 0 Å². The number of aryl methyl sites for hydroxylation is 1. The lowest BCUT2D eigenvalue weighted by atomic mass is 10.1. The number of benzene rings is 2. The van der Waals surface area contributed by atoms with Crippen LogP contribution >= 0.6 is 0 Å². The second-order valence-electron chi connectivity index (χ2n) is 7.39. The van der Waals surface area contributed by atoms with Gasteiger partial charge in [-0.3, -0.25) is 14.8 Å². The molecule has 0 amide bonds. The molecule has 138 valence electrons. The van der Waals surface area contributed by atoms with Crippen LogP contribution in [0.2, 0.25) is 0 Å². The second kappa shape index (κ2) is 8.47. The molecule has 0 saturated carbocycles. The van der Waals surface area contributed by atoms with E-state index in [-0.39, 0.29) is 0 Å². The Kier molecular flexibility index (Phi) is 5.61. The smallest absolute Gasteiger partial charge is 0.0702 e. The molecule has 2 heterocycles. The summed E-state index contributed by atoms with van der Waals surface area (Å²) in [4.78, 5) is 9.61. The maximum Gasteiger partial charge on any atom is 0.0702 e. The van der Waals surface area contributed by atoms with Gasteiger partial charge in [-0.1, -0.05) is 48.5 Å². The molecule has 4 rings (SSSR count). The summed E-state index contributed by atoms with van der Waals surface area (Å²) in [7, 11) is 0. The van der Waals surface area contributed by atoms with E-state index in [0.29, 0.717) is 0 Å². The van der Waals surface area contributed by atoms with Gasteiger partial charge in [0, 0.05) is 51.0 Å². The number of piperazine rings is 1. The first-order chi connectivity index (χ1) is 13.3. The fourth-order valence-electron chi connectivity index (χ4n) is 3.75. The summed E-state index contributed by atoms with van der Waals surface area (Å²) in [5.74, 6) is 0. The average Bonchev–Trinajstić information content (AvgIpc) is 2.72. The summed E-state index contributed by atoms with van der Waals surface area (Å²) in [6.45, 7) is 8.80. The third-order valence-corrected chi connectivity index (χ3v) is 5.41. The third kappa shape index (κ3) is 4.62. The molecule has 1 fully saturated rings. The molecule has 0 bridgehead atoms. The predicted octanol–water partition coefficient (Wildman–Crippen LogP) is 4.37. The Morgan fingerprint density at radius 2 is 1.52 bits per heavy atom. The molecule has 1 aromatic heterocycles. The zero-order valence-electron chi connectivity index (χ0n) is 16.0. The van der Waals surface area contributed by atoms with Crippen molar-refractivity contribution in [3.8, 4) is 11.3 Å². The number of hydrogen-bond acceptors (Lipinski definition) is 3. The molecule has 3 heteroatoms. The molecule has 0 aliphatic carbocycles. The van der Waals surface area contributed by atoms with E-state index in [2.05, 4.69) is 76.3 Å². The lowest BCUT2D eigenvalue weighted by Crippen LogP contribution is -2.45. The molecule has 1 saturated heterocycles. The van der Waals surface area contributed by atoms with Crippen LogP contribution in [0, 0.1) is 6.92 Å². The molecule has 3 aromatic rings. The highest BCUT2D eigenvalue weighted by Crippen LogP contribution is 2.19. The summed E-state index contributed by atoms with van der Waals surface area (Å²) >= 11 is 0. The van der Waals surface area contributed by atoms with E-state index in [1.54, 1.807) is 0 Å². The van der Waals surface area contributed by atoms with Crippen molar-refractivity contribution in [3.63, 3.8) is 0 Å². The molecular weight excluding hydrogens is 330 g/mol. The Balaban J connectivity index is 1.34. The van der Waals surface area contributed by atoms with Gasteiger partial charge in [0.15, 0.2) is 0 Å². The highest BCUT2D eigenvalue weighted by atomic mass is 15.3. The van der Waals surface area contributed by atoms with Crippen molar-refractivity contribution in [1.29, 1.82) is 0 Å². The van der Waals surface area contributed by atoms with Crippen molar-refractivity contribution in [2.75, 3.05) is 26.2 Å². The molecule has 1 aliphatic heterocycles. The van der Waals surface area contributed by atoms with Gasteiger partial charge in [-0.2, -0.15) is 0 Å². The summed E-state index contributed by atoms with van der Waals surface area (Å²) < 4.78 is 0.